The molecule has 1 aliphatic rings. The summed E-state index contributed by atoms with van der Waals surface area (Å²) in [6.45, 7) is 4.55. The molecular weight excluding hydrogens is 300 g/mol. The molecule has 7 heteroatoms. The maximum atomic E-state index is 11.1. The molecular formula is C11H15BrN4O2. The standard InChI is InChI=1S/C11H15BrN4O2/c1-2-3-15(9-6-13-7-9)11-10(16(17)18)4-8(12)5-14-11/h4-5,9,13H,2-3,6-7H2,1H3. The summed E-state index contributed by atoms with van der Waals surface area (Å²) in [5.74, 6) is 0.469. The average molecular weight is 315 g/mol. The lowest BCUT2D eigenvalue weighted by Crippen LogP contribution is -2.58. The predicted molar refractivity (Wildman–Crippen MR) is 72.9 cm³/mol. The number of nitrogens with one attached hydrogen (secondary N) is 1. The molecule has 0 aliphatic carbocycles. The number of pyridine rings is 1. The van der Waals surface area contributed by atoms with E-state index in [4.69, 9.17) is 0 Å². The van der Waals surface area contributed by atoms with Gasteiger partial charge in [-0.15, -0.1) is 0 Å². The van der Waals surface area contributed by atoms with Gasteiger partial charge >= 0.3 is 5.69 Å². The third kappa shape index (κ3) is 2.62. The van der Waals surface area contributed by atoms with Gasteiger partial charge in [-0.2, -0.15) is 0 Å². The van der Waals surface area contributed by atoms with Crippen molar-refractivity contribution < 1.29 is 4.92 Å². The van der Waals surface area contributed by atoms with Gasteiger partial charge in [-0.05, 0) is 22.4 Å². The Morgan fingerprint density at radius 1 is 1.67 bits per heavy atom. The molecule has 1 fully saturated rings. The monoisotopic (exact) mass is 314 g/mol. The number of nitro groups is 1. The highest BCUT2D eigenvalue weighted by atomic mass is 79.9. The number of anilines is 1. The number of aromatic nitrogens is 1. The van der Waals surface area contributed by atoms with E-state index in [1.54, 1.807) is 6.20 Å². The predicted octanol–water partition coefficient (Wildman–Crippen LogP) is 1.94. The first-order chi connectivity index (χ1) is 8.63. The molecule has 1 aromatic rings. The van der Waals surface area contributed by atoms with Crippen LogP contribution in [0.1, 0.15) is 13.3 Å². The van der Waals surface area contributed by atoms with Crippen LogP contribution in [0.2, 0.25) is 0 Å². The fourth-order valence-corrected chi connectivity index (χ4v) is 2.29. The van der Waals surface area contributed by atoms with Gasteiger partial charge in [0.25, 0.3) is 0 Å². The van der Waals surface area contributed by atoms with Crippen LogP contribution in [0.15, 0.2) is 16.7 Å². The smallest absolute Gasteiger partial charge is 0.312 e. The molecule has 0 spiro atoms. The van der Waals surface area contributed by atoms with E-state index >= 15 is 0 Å². The minimum Gasteiger partial charge on any atom is -0.345 e. The largest absolute Gasteiger partial charge is 0.345 e. The highest BCUT2D eigenvalue weighted by Crippen LogP contribution is 2.30. The van der Waals surface area contributed by atoms with Crippen LogP contribution in [0.4, 0.5) is 11.5 Å². The molecule has 2 heterocycles. The minimum atomic E-state index is -0.373. The van der Waals surface area contributed by atoms with E-state index in [-0.39, 0.29) is 10.6 Å². The molecule has 0 aromatic carbocycles. The summed E-state index contributed by atoms with van der Waals surface area (Å²) >= 11 is 3.22. The fraction of sp³-hybridized carbons (Fsp3) is 0.545. The topological polar surface area (TPSA) is 71.3 Å². The average Bonchev–Trinajstić information content (AvgIpc) is 2.26. The van der Waals surface area contributed by atoms with Gasteiger partial charge in [0, 0.05) is 36.4 Å². The molecule has 98 valence electrons. The first kappa shape index (κ1) is 13.2. The van der Waals surface area contributed by atoms with Gasteiger partial charge < -0.3 is 10.2 Å². The molecule has 1 aliphatic heterocycles. The zero-order valence-electron chi connectivity index (χ0n) is 10.1. The molecule has 1 N–H and O–H groups in total. The number of halogens is 1. The van der Waals surface area contributed by atoms with E-state index in [0.29, 0.717) is 16.3 Å². The van der Waals surface area contributed by atoms with Gasteiger partial charge in [-0.3, -0.25) is 10.1 Å². The Kier molecular flexibility index (Phi) is 4.13. The summed E-state index contributed by atoms with van der Waals surface area (Å²) in [5.41, 5.74) is 0.0599. The van der Waals surface area contributed by atoms with Crippen molar-refractivity contribution in [1.82, 2.24) is 10.3 Å². The third-order valence-electron chi connectivity index (χ3n) is 2.95. The summed E-state index contributed by atoms with van der Waals surface area (Å²) in [4.78, 5) is 17.0. The summed E-state index contributed by atoms with van der Waals surface area (Å²) in [5, 5.41) is 14.3. The minimum absolute atomic E-state index is 0.0599. The Hall–Kier alpha value is -1.21. The lowest BCUT2D eigenvalue weighted by Gasteiger charge is -2.38. The first-order valence-corrected chi connectivity index (χ1v) is 6.70. The van der Waals surface area contributed by atoms with Crippen molar-refractivity contribution in [3.8, 4) is 0 Å². The van der Waals surface area contributed by atoms with E-state index in [1.165, 1.54) is 6.07 Å². The highest BCUT2D eigenvalue weighted by Gasteiger charge is 2.30. The summed E-state index contributed by atoms with van der Waals surface area (Å²) in [7, 11) is 0. The second-order valence-corrected chi connectivity index (χ2v) is 5.17. The Balaban J connectivity index is 2.36. The quantitative estimate of drug-likeness (QED) is 0.664. The number of nitrogens with zero attached hydrogens (tertiary/aromatic N) is 3. The van der Waals surface area contributed by atoms with Gasteiger partial charge in [-0.1, -0.05) is 6.92 Å². The summed E-state index contributed by atoms with van der Waals surface area (Å²) < 4.78 is 0.626. The van der Waals surface area contributed by atoms with E-state index in [1.807, 2.05) is 4.90 Å². The maximum Gasteiger partial charge on any atom is 0.312 e. The Bertz CT molecular complexity index is 451. The lowest BCUT2D eigenvalue weighted by molar-refractivity contribution is -0.384. The number of hydrogen-bond donors (Lipinski definition) is 1. The zero-order valence-corrected chi connectivity index (χ0v) is 11.7. The third-order valence-corrected chi connectivity index (χ3v) is 3.38. The van der Waals surface area contributed by atoms with Crippen LogP contribution in [0.3, 0.4) is 0 Å². The number of hydrogen-bond acceptors (Lipinski definition) is 5. The SMILES string of the molecule is CCCN(c1ncc(Br)cc1[N+](=O)[O-])C1CNC1. The lowest BCUT2D eigenvalue weighted by atomic mass is 10.1. The molecule has 0 atom stereocenters. The molecule has 0 saturated carbocycles. The Morgan fingerprint density at radius 2 is 2.39 bits per heavy atom. The zero-order chi connectivity index (χ0) is 13.1. The second kappa shape index (κ2) is 5.62. The van der Waals surface area contributed by atoms with Gasteiger partial charge in [-0.25, -0.2) is 4.98 Å². The molecule has 6 nitrogen and oxygen atoms in total. The Morgan fingerprint density at radius 3 is 2.89 bits per heavy atom. The summed E-state index contributed by atoms with van der Waals surface area (Å²) in [6.07, 6.45) is 2.54. The maximum absolute atomic E-state index is 11.1. The molecule has 2 rings (SSSR count). The van der Waals surface area contributed by atoms with Crippen molar-refractivity contribution in [2.75, 3.05) is 24.5 Å². The van der Waals surface area contributed by atoms with Crippen LogP contribution < -0.4 is 10.2 Å². The number of rotatable bonds is 5. The molecule has 0 amide bonds. The highest BCUT2D eigenvalue weighted by molar-refractivity contribution is 9.10. The Labute approximate surface area is 114 Å². The van der Waals surface area contributed by atoms with Gasteiger partial charge in [0.2, 0.25) is 5.82 Å². The molecule has 1 aromatic heterocycles. The fourth-order valence-electron chi connectivity index (χ4n) is 1.97. The van der Waals surface area contributed by atoms with Gasteiger partial charge in [0.15, 0.2) is 0 Å². The second-order valence-electron chi connectivity index (χ2n) is 4.26. The molecule has 0 radical (unpaired) electrons. The van der Waals surface area contributed by atoms with E-state index < -0.39 is 0 Å². The van der Waals surface area contributed by atoms with Crippen LogP contribution in [0.5, 0.6) is 0 Å². The van der Waals surface area contributed by atoms with Crippen molar-refractivity contribution in [3.63, 3.8) is 0 Å². The van der Waals surface area contributed by atoms with Crippen molar-refractivity contribution in [2.24, 2.45) is 0 Å². The van der Waals surface area contributed by atoms with Crippen LogP contribution in [-0.2, 0) is 0 Å². The first-order valence-electron chi connectivity index (χ1n) is 5.90. The van der Waals surface area contributed by atoms with E-state index in [0.717, 1.165) is 26.1 Å². The molecule has 0 bridgehead atoms. The van der Waals surface area contributed by atoms with Crippen molar-refractivity contribution in [2.45, 2.75) is 19.4 Å². The molecule has 0 unspecified atom stereocenters. The van der Waals surface area contributed by atoms with E-state index in [2.05, 4.69) is 33.2 Å². The normalized spacial score (nSPS) is 15.2. The van der Waals surface area contributed by atoms with Crippen LogP contribution >= 0.6 is 15.9 Å². The summed E-state index contributed by atoms with van der Waals surface area (Å²) in [6, 6.07) is 1.81. The van der Waals surface area contributed by atoms with Gasteiger partial charge in [0.05, 0.1) is 11.0 Å². The van der Waals surface area contributed by atoms with Crippen LogP contribution in [0.25, 0.3) is 0 Å². The molecule has 1 saturated heterocycles. The van der Waals surface area contributed by atoms with Crippen LogP contribution in [-0.4, -0.2) is 35.6 Å². The van der Waals surface area contributed by atoms with Crippen molar-refractivity contribution >= 4 is 27.4 Å². The molecule has 18 heavy (non-hydrogen) atoms. The van der Waals surface area contributed by atoms with Gasteiger partial charge in [0.1, 0.15) is 0 Å². The van der Waals surface area contributed by atoms with Crippen molar-refractivity contribution in [1.29, 1.82) is 0 Å². The van der Waals surface area contributed by atoms with Crippen molar-refractivity contribution in [3.05, 3.63) is 26.9 Å². The van der Waals surface area contributed by atoms with E-state index in [9.17, 15) is 10.1 Å². The van der Waals surface area contributed by atoms with Crippen LogP contribution in [0, 0.1) is 10.1 Å².